The maximum absolute atomic E-state index is 13.6. The lowest BCUT2D eigenvalue weighted by molar-refractivity contribution is -0.141. The second-order valence-electron chi connectivity index (χ2n) is 11.3. The summed E-state index contributed by atoms with van der Waals surface area (Å²) < 4.78 is 0. The van der Waals surface area contributed by atoms with Gasteiger partial charge in [0.1, 0.15) is 12.1 Å². The fraction of sp³-hybridized carbons (Fsp3) is 0.485. The van der Waals surface area contributed by atoms with Crippen LogP contribution in [0.5, 0.6) is 0 Å². The smallest absolute Gasteiger partial charge is 0.289 e. The summed E-state index contributed by atoms with van der Waals surface area (Å²) in [6.45, 7) is 5.41. The summed E-state index contributed by atoms with van der Waals surface area (Å²) in [5.41, 5.74) is 1.26. The molecular weight excluding hydrogens is 532 g/mol. The molecule has 0 bridgehead atoms. The van der Waals surface area contributed by atoms with Gasteiger partial charge in [-0.1, -0.05) is 95.0 Å². The van der Waals surface area contributed by atoms with Gasteiger partial charge in [-0.3, -0.25) is 24.0 Å². The van der Waals surface area contributed by atoms with Crippen LogP contribution in [0.25, 0.3) is 0 Å². The lowest BCUT2D eigenvalue weighted by Crippen LogP contribution is -2.58. The lowest BCUT2D eigenvalue weighted by atomic mass is 9.94. The molecule has 3 rings (SSSR count). The van der Waals surface area contributed by atoms with Gasteiger partial charge in [0.2, 0.25) is 17.6 Å². The number of carbonyl (C=O) groups is 5. The summed E-state index contributed by atoms with van der Waals surface area (Å²) in [5, 5.41) is 11.2. The molecule has 1 aliphatic rings. The van der Waals surface area contributed by atoms with Crippen molar-refractivity contribution in [2.45, 2.75) is 96.3 Å². The topological polar surface area (TPSA) is 133 Å². The Hall–Kier alpha value is -4.01. The molecule has 9 heteroatoms. The zero-order chi connectivity index (χ0) is 30.5. The number of Topliss-reactive ketones (excluding diaryl/α,β-unsaturated/α-hetero) is 1. The third-order valence-corrected chi connectivity index (χ3v) is 7.56. The molecule has 9 nitrogen and oxygen atoms in total. The van der Waals surface area contributed by atoms with Crippen molar-refractivity contribution in [3.05, 3.63) is 71.8 Å². The quantitative estimate of drug-likeness (QED) is 0.256. The van der Waals surface area contributed by atoms with E-state index in [2.05, 4.69) is 21.3 Å². The molecule has 1 saturated carbocycles. The zero-order valence-electron chi connectivity index (χ0n) is 24.9. The van der Waals surface area contributed by atoms with E-state index >= 15 is 0 Å². The summed E-state index contributed by atoms with van der Waals surface area (Å²) in [6, 6.07) is 14.9. The predicted molar refractivity (Wildman–Crippen MR) is 161 cm³/mol. The van der Waals surface area contributed by atoms with Crippen LogP contribution in [0, 0.1) is 5.92 Å². The number of benzene rings is 2. The van der Waals surface area contributed by atoms with E-state index in [4.69, 9.17) is 0 Å². The summed E-state index contributed by atoms with van der Waals surface area (Å²) in [4.78, 5) is 65.8. The van der Waals surface area contributed by atoms with E-state index in [1.165, 1.54) is 0 Å². The Kier molecular flexibility index (Phi) is 12.7. The van der Waals surface area contributed by atoms with Gasteiger partial charge < -0.3 is 21.3 Å². The van der Waals surface area contributed by atoms with Crippen molar-refractivity contribution in [2.24, 2.45) is 5.92 Å². The summed E-state index contributed by atoms with van der Waals surface area (Å²) in [6.07, 6.45) is 5.95. The van der Waals surface area contributed by atoms with Gasteiger partial charge in [-0.15, -0.1) is 0 Å². The minimum Gasteiger partial charge on any atom is -0.347 e. The van der Waals surface area contributed by atoms with Crippen LogP contribution in [0.15, 0.2) is 60.7 Å². The van der Waals surface area contributed by atoms with E-state index < -0.39 is 47.5 Å². The summed E-state index contributed by atoms with van der Waals surface area (Å²) >= 11 is 0. The van der Waals surface area contributed by atoms with E-state index in [9.17, 15) is 24.0 Å². The van der Waals surface area contributed by atoms with Crippen LogP contribution < -0.4 is 21.3 Å². The van der Waals surface area contributed by atoms with Crippen LogP contribution in [0.3, 0.4) is 0 Å². The minimum absolute atomic E-state index is 0.0292. The molecular formula is C33H44N4O5. The highest BCUT2D eigenvalue weighted by molar-refractivity contribution is 6.38. The molecule has 2 aromatic rings. The fourth-order valence-corrected chi connectivity index (χ4v) is 5.15. The average molecular weight is 577 g/mol. The van der Waals surface area contributed by atoms with Gasteiger partial charge in [0.15, 0.2) is 0 Å². The van der Waals surface area contributed by atoms with Gasteiger partial charge in [0.25, 0.3) is 11.8 Å². The standard InChI is InChI=1S/C33H44N4O5/c1-4-14-26(31(40)37-28(22(2)3)29(38)33(42)34-25-19-12-7-13-20-25)35-32(41)27(21-23-15-8-5-9-16-23)36-30(39)24-17-10-6-11-18-24/h5-6,8-11,15-18,22,25-28H,4,7,12-14,19-21H2,1-3H3,(H,34,42)(H,35,41)(H,36,39)(H,37,40)/t26-,27-,28-/m0/s1. The monoisotopic (exact) mass is 576 g/mol. The highest BCUT2D eigenvalue weighted by Gasteiger charge is 2.34. The highest BCUT2D eigenvalue weighted by atomic mass is 16.2. The fourth-order valence-electron chi connectivity index (χ4n) is 5.15. The first-order valence-corrected chi connectivity index (χ1v) is 15.0. The third-order valence-electron chi connectivity index (χ3n) is 7.56. The molecule has 1 fully saturated rings. The molecule has 226 valence electrons. The number of hydrogen-bond acceptors (Lipinski definition) is 5. The van der Waals surface area contributed by atoms with E-state index in [1.54, 1.807) is 44.2 Å². The zero-order valence-corrected chi connectivity index (χ0v) is 24.9. The molecule has 3 atom stereocenters. The van der Waals surface area contributed by atoms with Crippen molar-refractivity contribution in [3.63, 3.8) is 0 Å². The van der Waals surface area contributed by atoms with Gasteiger partial charge in [-0.25, -0.2) is 0 Å². The first-order chi connectivity index (χ1) is 20.2. The largest absolute Gasteiger partial charge is 0.347 e. The number of hydrogen-bond donors (Lipinski definition) is 4. The maximum Gasteiger partial charge on any atom is 0.289 e. The molecule has 4 N–H and O–H groups in total. The number of nitrogens with one attached hydrogen (secondary N) is 4. The highest BCUT2D eigenvalue weighted by Crippen LogP contribution is 2.17. The van der Waals surface area contributed by atoms with Crippen molar-refractivity contribution < 1.29 is 24.0 Å². The van der Waals surface area contributed by atoms with E-state index in [-0.39, 0.29) is 18.4 Å². The predicted octanol–water partition coefficient (Wildman–Crippen LogP) is 3.47. The van der Waals surface area contributed by atoms with Crippen molar-refractivity contribution >= 4 is 29.4 Å². The summed E-state index contributed by atoms with van der Waals surface area (Å²) in [7, 11) is 0. The Morgan fingerprint density at radius 2 is 1.36 bits per heavy atom. The van der Waals surface area contributed by atoms with Crippen LogP contribution >= 0.6 is 0 Å². The Morgan fingerprint density at radius 3 is 1.95 bits per heavy atom. The second kappa shape index (κ2) is 16.4. The lowest BCUT2D eigenvalue weighted by Gasteiger charge is -2.27. The Balaban J connectivity index is 1.71. The molecule has 0 heterocycles. The van der Waals surface area contributed by atoms with Crippen LogP contribution in [-0.2, 0) is 25.6 Å². The first-order valence-electron chi connectivity index (χ1n) is 15.0. The van der Waals surface area contributed by atoms with Crippen molar-refractivity contribution in [3.8, 4) is 0 Å². The Bertz CT molecular complexity index is 1200. The number of rotatable bonds is 14. The molecule has 1 aliphatic carbocycles. The van der Waals surface area contributed by atoms with Gasteiger partial charge in [-0.2, -0.15) is 0 Å². The molecule has 0 spiro atoms. The molecule has 4 amide bonds. The molecule has 0 unspecified atom stereocenters. The molecule has 0 radical (unpaired) electrons. The third kappa shape index (κ3) is 9.82. The normalized spacial score (nSPS) is 15.6. The number of carbonyl (C=O) groups excluding carboxylic acids is 5. The molecule has 0 saturated heterocycles. The van der Waals surface area contributed by atoms with Crippen molar-refractivity contribution in [1.29, 1.82) is 0 Å². The first kappa shape index (κ1) is 32.5. The van der Waals surface area contributed by atoms with Gasteiger partial charge in [0, 0.05) is 18.0 Å². The van der Waals surface area contributed by atoms with Crippen molar-refractivity contribution in [1.82, 2.24) is 21.3 Å². The van der Waals surface area contributed by atoms with Crippen LogP contribution in [0.2, 0.25) is 0 Å². The van der Waals surface area contributed by atoms with E-state index in [0.717, 1.165) is 37.7 Å². The molecule has 2 aromatic carbocycles. The molecule has 42 heavy (non-hydrogen) atoms. The average Bonchev–Trinajstić information content (AvgIpc) is 3.00. The summed E-state index contributed by atoms with van der Waals surface area (Å²) in [5.74, 6) is -3.19. The molecule has 0 aromatic heterocycles. The van der Waals surface area contributed by atoms with Gasteiger partial charge >= 0.3 is 0 Å². The second-order valence-corrected chi connectivity index (χ2v) is 11.3. The van der Waals surface area contributed by atoms with E-state index in [0.29, 0.717) is 18.4 Å². The number of amides is 4. The van der Waals surface area contributed by atoms with Crippen LogP contribution in [0.4, 0.5) is 0 Å². The van der Waals surface area contributed by atoms with Crippen LogP contribution in [0.1, 0.15) is 81.6 Å². The maximum atomic E-state index is 13.6. The Labute approximate surface area is 248 Å². The van der Waals surface area contributed by atoms with Gasteiger partial charge in [-0.05, 0) is 42.9 Å². The minimum atomic E-state index is -1.03. The van der Waals surface area contributed by atoms with E-state index in [1.807, 2.05) is 37.3 Å². The number of ketones is 1. The van der Waals surface area contributed by atoms with Gasteiger partial charge in [0.05, 0.1) is 6.04 Å². The molecule has 0 aliphatic heterocycles. The SMILES string of the molecule is CCC[C@H](NC(=O)[C@H](Cc1ccccc1)NC(=O)c1ccccc1)C(=O)N[C@H](C(=O)C(=O)NC1CCCCC1)C(C)C. The van der Waals surface area contributed by atoms with Crippen molar-refractivity contribution in [2.75, 3.05) is 0 Å². The van der Waals surface area contributed by atoms with Crippen LogP contribution in [-0.4, -0.2) is 53.6 Å². The Morgan fingerprint density at radius 1 is 0.762 bits per heavy atom.